The maximum absolute atomic E-state index is 13.7. The number of primary amides is 1. The lowest BCUT2D eigenvalue weighted by atomic mass is 10.1. The highest BCUT2D eigenvalue weighted by Gasteiger charge is 2.09. The molecule has 0 aliphatic rings. The van der Waals surface area contributed by atoms with Crippen molar-refractivity contribution in [1.82, 2.24) is 5.32 Å². The molecule has 0 aromatic heterocycles. The monoisotopic (exact) mass is 272 g/mol. The zero-order chi connectivity index (χ0) is 14.5. The van der Waals surface area contributed by atoms with E-state index in [2.05, 4.69) is 5.32 Å². The minimum Gasteiger partial charge on any atom is -0.366 e. The van der Waals surface area contributed by atoms with Crippen molar-refractivity contribution >= 4 is 5.91 Å². The standard InChI is InChI=1S/C16H17FN2O/c1-11(12-5-3-2-4-6-12)19-10-14-9-13(16(18)20)7-8-15(14)17/h2-9,11,19H,10H2,1H3,(H2,18,20). The third kappa shape index (κ3) is 3.42. The summed E-state index contributed by atoms with van der Waals surface area (Å²) in [5.41, 5.74) is 7.07. The SMILES string of the molecule is CC(NCc1cc(C(N)=O)ccc1F)c1ccccc1. The molecule has 3 nitrogen and oxygen atoms in total. The first kappa shape index (κ1) is 14.2. The molecule has 1 atom stereocenters. The van der Waals surface area contributed by atoms with Crippen LogP contribution in [0, 0.1) is 5.82 Å². The average molecular weight is 272 g/mol. The Morgan fingerprint density at radius 1 is 1.25 bits per heavy atom. The molecule has 0 aliphatic heterocycles. The molecule has 4 heteroatoms. The van der Waals surface area contributed by atoms with Gasteiger partial charge in [-0.15, -0.1) is 0 Å². The highest BCUT2D eigenvalue weighted by Crippen LogP contribution is 2.15. The van der Waals surface area contributed by atoms with E-state index in [1.54, 1.807) is 0 Å². The molecule has 0 radical (unpaired) electrons. The van der Waals surface area contributed by atoms with Gasteiger partial charge in [-0.1, -0.05) is 30.3 Å². The van der Waals surface area contributed by atoms with Gasteiger partial charge in [-0.05, 0) is 30.7 Å². The smallest absolute Gasteiger partial charge is 0.248 e. The first-order chi connectivity index (χ1) is 9.58. The number of rotatable bonds is 5. The first-order valence-corrected chi connectivity index (χ1v) is 6.44. The summed E-state index contributed by atoms with van der Waals surface area (Å²) in [6.07, 6.45) is 0. The molecule has 0 heterocycles. The van der Waals surface area contributed by atoms with Crippen LogP contribution in [0.2, 0.25) is 0 Å². The molecule has 0 fully saturated rings. The zero-order valence-electron chi connectivity index (χ0n) is 11.3. The minimum atomic E-state index is -0.553. The highest BCUT2D eigenvalue weighted by atomic mass is 19.1. The van der Waals surface area contributed by atoms with E-state index in [9.17, 15) is 9.18 Å². The van der Waals surface area contributed by atoms with E-state index < -0.39 is 5.91 Å². The minimum absolute atomic E-state index is 0.0906. The average Bonchev–Trinajstić information content (AvgIpc) is 2.46. The number of hydrogen-bond acceptors (Lipinski definition) is 2. The largest absolute Gasteiger partial charge is 0.366 e. The fourth-order valence-electron chi connectivity index (χ4n) is 1.99. The summed E-state index contributed by atoms with van der Waals surface area (Å²) in [5.74, 6) is -0.898. The molecule has 0 spiro atoms. The van der Waals surface area contributed by atoms with Crippen LogP contribution in [0.4, 0.5) is 4.39 Å². The number of halogens is 1. The number of amides is 1. The lowest BCUT2D eigenvalue weighted by Gasteiger charge is -2.15. The van der Waals surface area contributed by atoms with E-state index in [0.717, 1.165) is 5.56 Å². The quantitative estimate of drug-likeness (QED) is 0.879. The van der Waals surface area contributed by atoms with Gasteiger partial charge >= 0.3 is 0 Å². The maximum Gasteiger partial charge on any atom is 0.248 e. The van der Waals surface area contributed by atoms with E-state index in [1.807, 2.05) is 37.3 Å². The summed E-state index contributed by atoms with van der Waals surface area (Å²) in [6.45, 7) is 2.34. The Morgan fingerprint density at radius 3 is 2.60 bits per heavy atom. The predicted molar refractivity (Wildman–Crippen MR) is 76.6 cm³/mol. The van der Waals surface area contributed by atoms with Crippen molar-refractivity contribution in [3.8, 4) is 0 Å². The van der Waals surface area contributed by atoms with Gasteiger partial charge < -0.3 is 11.1 Å². The van der Waals surface area contributed by atoms with Crippen molar-refractivity contribution in [2.45, 2.75) is 19.5 Å². The fraction of sp³-hybridized carbons (Fsp3) is 0.188. The second-order valence-electron chi connectivity index (χ2n) is 4.68. The molecule has 1 amide bonds. The predicted octanol–water partition coefficient (Wildman–Crippen LogP) is 2.78. The van der Waals surface area contributed by atoms with Gasteiger partial charge in [0.15, 0.2) is 0 Å². The maximum atomic E-state index is 13.7. The molecule has 2 aromatic rings. The fourth-order valence-corrected chi connectivity index (χ4v) is 1.99. The lowest BCUT2D eigenvalue weighted by Crippen LogP contribution is -2.19. The van der Waals surface area contributed by atoms with Gasteiger partial charge in [0.1, 0.15) is 5.82 Å². The van der Waals surface area contributed by atoms with Crippen LogP contribution >= 0.6 is 0 Å². The summed E-state index contributed by atoms with van der Waals surface area (Å²) in [4.78, 5) is 11.1. The van der Waals surface area contributed by atoms with Gasteiger partial charge in [-0.25, -0.2) is 4.39 Å². The van der Waals surface area contributed by atoms with E-state index in [-0.39, 0.29) is 11.9 Å². The molecular formula is C16H17FN2O. The van der Waals surface area contributed by atoms with E-state index >= 15 is 0 Å². The lowest BCUT2D eigenvalue weighted by molar-refractivity contribution is 0.1000. The van der Waals surface area contributed by atoms with E-state index in [1.165, 1.54) is 18.2 Å². The number of carbonyl (C=O) groups is 1. The summed E-state index contributed by atoms with van der Waals surface area (Å²) in [6, 6.07) is 14.1. The molecule has 1 unspecified atom stereocenters. The second kappa shape index (κ2) is 6.30. The van der Waals surface area contributed by atoms with Gasteiger partial charge in [0, 0.05) is 23.7 Å². The number of benzene rings is 2. The van der Waals surface area contributed by atoms with Gasteiger partial charge in [0.05, 0.1) is 0 Å². The Kier molecular flexibility index (Phi) is 4.48. The number of nitrogens with one attached hydrogen (secondary N) is 1. The normalized spacial score (nSPS) is 12.1. The Morgan fingerprint density at radius 2 is 1.95 bits per heavy atom. The van der Waals surface area contributed by atoms with Crippen LogP contribution in [0.5, 0.6) is 0 Å². The van der Waals surface area contributed by atoms with Crippen LogP contribution in [-0.4, -0.2) is 5.91 Å². The van der Waals surface area contributed by atoms with Crippen LogP contribution in [0.25, 0.3) is 0 Å². The summed E-state index contributed by atoms with van der Waals surface area (Å²) < 4.78 is 13.7. The first-order valence-electron chi connectivity index (χ1n) is 6.44. The molecule has 0 bridgehead atoms. The zero-order valence-corrected chi connectivity index (χ0v) is 11.3. The topological polar surface area (TPSA) is 55.1 Å². The van der Waals surface area contributed by atoms with Crippen LogP contribution in [0.1, 0.15) is 34.5 Å². The number of carbonyl (C=O) groups excluding carboxylic acids is 1. The molecule has 0 saturated carbocycles. The molecular weight excluding hydrogens is 255 g/mol. The van der Waals surface area contributed by atoms with Crippen LogP contribution in [0.15, 0.2) is 48.5 Å². The van der Waals surface area contributed by atoms with E-state index in [0.29, 0.717) is 17.7 Å². The number of nitrogens with two attached hydrogens (primary N) is 1. The molecule has 3 N–H and O–H groups in total. The van der Waals surface area contributed by atoms with Gasteiger partial charge in [-0.3, -0.25) is 4.79 Å². The third-order valence-corrected chi connectivity index (χ3v) is 3.23. The Bertz CT molecular complexity index is 599. The van der Waals surface area contributed by atoms with Crippen LogP contribution in [-0.2, 0) is 6.54 Å². The summed E-state index contributed by atoms with van der Waals surface area (Å²) in [5, 5.41) is 3.23. The van der Waals surface area contributed by atoms with Crippen molar-refractivity contribution in [3.63, 3.8) is 0 Å². The molecule has 0 aliphatic carbocycles. The Balaban J connectivity index is 2.07. The highest BCUT2D eigenvalue weighted by molar-refractivity contribution is 5.92. The van der Waals surface area contributed by atoms with Gasteiger partial charge in [-0.2, -0.15) is 0 Å². The number of hydrogen-bond donors (Lipinski definition) is 2. The van der Waals surface area contributed by atoms with Gasteiger partial charge in [0.25, 0.3) is 0 Å². The van der Waals surface area contributed by atoms with E-state index in [4.69, 9.17) is 5.73 Å². The van der Waals surface area contributed by atoms with Gasteiger partial charge in [0.2, 0.25) is 5.91 Å². The second-order valence-corrected chi connectivity index (χ2v) is 4.68. The van der Waals surface area contributed by atoms with Crippen molar-refractivity contribution in [3.05, 3.63) is 71.0 Å². The molecule has 2 aromatic carbocycles. The Labute approximate surface area is 117 Å². The Hall–Kier alpha value is -2.20. The van der Waals surface area contributed by atoms with Crippen LogP contribution < -0.4 is 11.1 Å². The third-order valence-electron chi connectivity index (χ3n) is 3.23. The molecule has 20 heavy (non-hydrogen) atoms. The van der Waals surface area contributed by atoms with Crippen molar-refractivity contribution in [2.24, 2.45) is 5.73 Å². The molecule has 104 valence electrons. The van der Waals surface area contributed by atoms with Crippen molar-refractivity contribution in [1.29, 1.82) is 0 Å². The summed E-state index contributed by atoms with van der Waals surface area (Å²) in [7, 11) is 0. The van der Waals surface area contributed by atoms with Crippen molar-refractivity contribution in [2.75, 3.05) is 0 Å². The van der Waals surface area contributed by atoms with Crippen LogP contribution in [0.3, 0.4) is 0 Å². The van der Waals surface area contributed by atoms with Crippen molar-refractivity contribution < 1.29 is 9.18 Å². The molecule has 0 saturated heterocycles. The summed E-state index contributed by atoms with van der Waals surface area (Å²) >= 11 is 0. The molecule has 2 rings (SSSR count).